The highest BCUT2D eigenvalue weighted by Gasteiger charge is 2.06. The summed E-state index contributed by atoms with van der Waals surface area (Å²) in [7, 11) is 0. The fraction of sp³-hybridized carbons (Fsp3) is 0.609. The van der Waals surface area contributed by atoms with E-state index < -0.39 is 0 Å². The molecule has 0 bridgehead atoms. The highest BCUT2D eigenvalue weighted by Crippen LogP contribution is 2.17. The van der Waals surface area contributed by atoms with Crippen molar-refractivity contribution in [3.63, 3.8) is 0 Å². The van der Waals surface area contributed by atoms with Crippen LogP contribution >= 0.6 is 0 Å². The number of esters is 1. The molecular formula is C23H36O2. The average Bonchev–Trinajstić information content (AvgIpc) is 2.58. The molecule has 25 heavy (non-hydrogen) atoms. The number of hydrogen-bond acceptors (Lipinski definition) is 2. The van der Waals surface area contributed by atoms with Gasteiger partial charge in [-0.05, 0) is 35.5 Å². The van der Waals surface area contributed by atoms with E-state index in [1.165, 1.54) is 69.4 Å². The first-order valence-electron chi connectivity index (χ1n) is 9.95. The Bertz CT molecular complexity index is 511. The number of aryl methyl sites for hydroxylation is 1. The predicted octanol–water partition coefficient (Wildman–Crippen LogP) is 6.58. The zero-order chi connectivity index (χ0) is 18.5. The fourth-order valence-electron chi connectivity index (χ4n) is 2.84. The van der Waals surface area contributed by atoms with Crippen molar-refractivity contribution in [2.75, 3.05) is 6.61 Å². The Kier molecular flexibility index (Phi) is 10.9. The first kappa shape index (κ1) is 21.5. The largest absolute Gasteiger partial charge is 0.461 e. The molecule has 140 valence electrons. The smallest absolute Gasteiger partial charge is 0.302 e. The van der Waals surface area contributed by atoms with Crippen LogP contribution in [0.3, 0.4) is 0 Å². The van der Waals surface area contributed by atoms with Gasteiger partial charge in [0.25, 0.3) is 0 Å². The second-order valence-electron chi connectivity index (χ2n) is 7.27. The SMILES string of the molecule is CCCCCCCCCc1ccc(C=C(COC(C)=O)C(C)C)cc1. The zero-order valence-electron chi connectivity index (χ0n) is 16.6. The number of ether oxygens (including phenoxy) is 1. The van der Waals surface area contributed by atoms with Gasteiger partial charge in [-0.1, -0.05) is 89.6 Å². The molecule has 2 heteroatoms. The summed E-state index contributed by atoms with van der Waals surface area (Å²) in [5.41, 5.74) is 3.74. The molecule has 1 aromatic carbocycles. The van der Waals surface area contributed by atoms with Crippen molar-refractivity contribution in [2.45, 2.75) is 79.1 Å². The van der Waals surface area contributed by atoms with Crippen molar-refractivity contribution < 1.29 is 9.53 Å². The number of hydrogen-bond donors (Lipinski definition) is 0. The number of benzene rings is 1. The molecule has 0 unspecified atom stereocenters. The van der Waals surface area contributed by atoms with Gasteiger partial charge in [-0.25, -0.2) is 0 Å². The topological polar surface area (TPSA) is 26.3 Å². The van der Waals surface area contributed by atoms with Crippen LogP contribution in [0.5, 0.6) is 0 Å². The van der Waals surface area contributed by atoms with Gasteiger partial charge in [0, 0.05) is 6.92 Å². The molecule has 0 saturated heterocycles. The molecule has 0 aliphatic heterocycles. The molecule has 0 N–H and O–H groups in total. The Labute approximate surface area is 154 Å². The molecule has 2 nitrogen and oxygen atoms in total. The number of carbonyl (C=O) groups excluding carboxylic acids is 1. The van der Waals surface area contributed by atoms with E-state index in [0.717, 1.165) is 5.57 Å². The summed E-state index contributed by atoms with van der Waals surface area (Å²) in [6, 6.07) is 8.80. The minimum Gasteiger partial charge on any atom is -0.461 e. The van der Waals surface area contributed by atoms with Crippen molar-refractivity contribution >= 4 is 12.0 Å². The second-order valence-corrected chi connectivity index (χ2v) is 7.27. The predicted molar refractivity (Wildman–Crippen MR) is 108 cm³/mol. The molecular weight excluding hydrogens is 308 g/mol. The summed E-state index contributed by atoms with van der Waals surface area (Å²) in [6.07, 6.45) is 12.8. The minimum atomic E-state index is -0.225. The van der Waals surface area contributed by atoms with Gasteiger partial charge in [0.1, 0.15) is 6.61 Å². The van der Waals surface area contributed by atoms with Crippen LogP contribution in [-0.2, 0) is 16.0 Å². The van der Waals surface area contributed by atoms with Crippen molar-refractivity contribution in [2.24, 2.45) is 5.92 Å². The molecule has 0 aliphatic carbocycles. The summed E-state index contributed by atoms with van der Waals surface area (Å²) in [5, 5.41) is 0. The van der Waals surface area contributed by atoms with E-state index in [-0.39, 0.29) is 5.97 Å². The van der Waals surface area contributed by atoms with Gasteiger partial charge in [0.15, 0.2) is 0 Å². The lowest BCUT2D eigenvalue weighted by atomic mass is 9.99. The maximum absolute atomic E-state index is 11.0. The van der Waals surface area contributed by atoms with E-state index in [4.69, 9.17) is 4.74 Å². The standard InChI is InChI=1S/C23H36O2/c1-5-6-7-8-9-10-11-12-21-13-15-22(16-14-21)17-23(19(2)3)18-25-20(4)24/h13-17,19H,5-12,18H2,1-4H3. The van der Waals surface area contributed by atoms with Crippen LogP contribution in [0.1, 0.15) is 83.8 Å². The first-order chi connectivity index (χ1) is 12.0. The third-order valence-corrected chi connectivity index (χ3v) is 4.58. The van der Waals surface area contributed by atoms with Crippen LogP contribution in [0.4, 0.5) is 0 Å². The fourth-order valence-corrected chi connectivity index (χ4v) is 2.84. The maximum Gasteiger partial charge on any atom is 0.302 e. The van der Waals surface area contributed by atoms with Crippen LogP contribution in [-0.4, -0.2) is 12.6 Å². The lowest BCUT2D eigenvalue weighted by Gasteiger charge is -2.11. The molecule has 0 aromatic heterocycles. The molecule has 0 heterocycles. The quantitative estimate of drug-likeness (QED) is 0.316. The van der Waals surface area contributed by atoms with Gasteiger partial charge in [-0.2, -0.15) is 0 Å². The normalized spacial score (nSPS) is 11.8. The molecule has 0 atom stereocenters. The molecule has 0 radical (unpaired) electrons. The van der Waals surface area contributed by atoms with Crippen LogP contribution in [0.15, 0.2) is 29.8 Å². The Balaban J connectivity index is 2.43. The van der Waals surface area contributed by atoms with Gasteiger partial charge >= 0.3 is 5.97 Å². The number of rotatable bonds is 12. The van der Waals surface area contributed by atoms with E-state index in [2.05, 4.69) is 51.1 Å². The first-order valence-corrected chi connectivity index (χ1v) is 9.95. The van der Waals surface area contributed by atoms with Crippen LogP contribution < -0.4 is 0 Å². The van der Waals surface area contributed by atoms with Gasteiger partial charge in [-0.3, -0.25) is 4.79 Å². The van der Waals surface area contributed by atoms with E-state index in [1.54, 1.807) is 0 Å². The molecule has 1 rings (SSSR count). The lowest BCUT2D eigenvalue weighted by molar-refractivity contribution is -0.140. The molecule has 0 spiro atoms. The van der Waals surface area contributed by atoms with E-state index in [1.807, 2.05) is 0 Å². The maximum atomic E-state index is 11.0. The molecule has 1 aromatic rings. The third-order valence-electron chi connectivity index (χ3n) is 4.58. The van der Waals surface area contributed by atoms with Gasteiger partial charge in [0.05, 0.1) is 0 Å². The van der Waals surface area contributed by atoms with Crippen LogP contribution in [0.25, 0.3) is 6.08 Å². The monoisotopic (exact) mass is 344 g/mol. The average molecular weight is 345 g/mol. The lowest BCUT2D eigenvalue weighted by Crippen LogP contribution is -2.07. The Morgan fingerprint density at radius 3 is 2.16 bits per heavy atom. The summed E-state index contributed by atoms with van der Waals surface area (Å²) in [6.45, 7) is 8.36. The van der Waals surface area contributed by atoms with Crippen molar-refractivity contribution in [1.82, 2.24) is 0 Å². The van der Waals surface area contributed by atoms with Gasteiger partial charge < -0.3 is 4.74 Å². The summed E-state index contributed by atoms with van der Waals surface area (Å²) >= 11 is 0. The van der Waals surface area contributed by atoms with Gasteiger partial charge in [-0.15, -0.1) is 0 Å². The van der Waals surface area contributed by atoms with E-state index in [9.17, 15) is 4.79 Å². The number of carbonyl (C=O) groups is 1. The van der Waals surface area contributed by atoms with Crippen molar-refractivity contribution in [3.8, 4) is 0 Å². The summed E-state index contributed by atoms with van der Waals surface area (Å²) in [4.78, 5) is 11.0. The summed E-state index contributed by atoms with van der Waals surface area (Å²) < 4.78 is 5.15. The molecule has 0 aliphatic rings. The Morgan fingerprint density at radius 1 is 1.00 bits per heavy atom. The molecule has 0 fully saturated rings. The Hall–Kier alpha value is -1.57. The van der Waals surface area contributed by atoms with Gasteiger partial charge in [0.2, 0.25) is 0 Å². The zero-order valence-corrected chi connectivity index (χ0v) is 16.6. The van der Waals surface area contributed by atoms with Crippen LogP contribution in [0.2, 0.25) is 0 Å². The third kappa shape index (κ3) is 10.1. The van der Waals surface area contributed by atoms with E-state index in [0.29, 0.717) is 12.5 Å². The minimum absolute atomic E-state index is 0.225. The van der Waals surface area contributed by atoms with Crippen molar-refractivity contribution in [3.05, 3.63) is 41.0 Å². The Morgan fingerprint density at radius 2 is 1.60 bits per heavy atom. The van der Waals surface area contributed by atoms with Crippen molar-refractivity contribution in [1.29, 1.82) is 0 Å². The summed E-state index contributed by atoms with van der Waals surface area (Å²) in [5.74, 6) is 0.142. The highest BCUT2D eigenvalue weighted by atomic mass is 16.5. The van der Waals surface area contributed by atoms with Crippen LogP contribution in [0, 0.1) is 5.92 Å². The number of unbranched alkanes of at least 4 members (excludes halogenated alkanes) is 6. The van der Waals surface area contributed by atoms with E-state index >= 15 is 0 Å². The molecule has 0 saturated carbocycles. The second kappa shape index (κ2) is 12.7. The highest BCUT2D eigenvalue weighted by molar-refractivity contribution is 5.66. The molecule has 0 amide bonds.